The van der Waals surface area contributed by atoms with Gasteiger partial charge in [0, 0.05) is 22.7 Å². The number of hydrogen-bond donors (Lipinski definition) is 1. The largest absolute Gasteiger partial charge is 0.474 e. The minimum absolute atomic E-state index is 0.0256. The van der Waals surface area contributed by atoms with Crippen LogP contribution < -0.4 is 4.74 Å². The summed E-state index contributed by atoms with van der Waals surface area (Å²) in [5.41, 5.74) is 2.88. The number of esters is 1. The first-order chi connectivity index (χ1) is 11.1. The summed E-state index contributed by atoms with van der Waals surface area (Å²) >= 11 is 0. The summed E-state index contributed by atoms with van der Waals surface area (Å²) in [4.78, 5) is 23.5. The molecule has 0 aliphatic heterocycles. The van der Waals surface area contributed by atoms with E-state index in [0.717, 1.165) is 16.5 Å². The van der Waals surface area contributed by atoms with E-state index in [9.17, 15) is 4.79 Å². The predicted molar refractivity (Wildman–Crippen MR) is 86.4 cm³/mol. The van der Waals surface area contributed by atoms with Gasteiger partial charge in [-0.05, 0) is 26.0 Å². The van der Waals surface area contributed by atoms with Crippen LogP contribution in [0.3, 0.4) is 0 Å². The fraction of sp³-hybridized carbons (Fsp3) is 0.235. The molecule has 0 bridgehead atoms. The van der Waals surface area contributed by atoms with E-state index in [2.05, 4.69) is 15.0 Å². The van der Waals surface area contributed by atoms with E-state index in [1.807, 2.05) is 32.0 Å². The number of hydrogen-bond acceptors (Lipinski definition) is 5. The SMILES string of the molecule is COC(=O)c1c[nH]c2ccc(-c3cncc(OC(C)C)n3)cc12. The molecular formula is C17H17N3O3. The molecule has 0 radical (unpaired) electrons. The number of benzene rings is 1. The maximum Gasteiger partial charge on any atom is 0.340 e. The number of aromatic amines is 1. The molecule has 6 heteroatoms. The van der Waals surface area contributed by atoms with Crippen molar-refractivity contribution in [1.82, 2.24) is 15.0 Å². The molecule has 0 saturated heterocycles. The van der Waals surface area contributed by atoms with Crippen LogP contribution in [-0.2, 0) is 4.74 Å². The topological polar surface area (TPSA) is 77.1 Å². The smallest absolute Gasteiger partial charge is 0.340 e. The lowest BCUT2D eigenvalue weighted by Crippen LogP contribution is -2.07. The molecule has 3 rings (SSSR count). The van der Waals surface area contributed by atoms with Crippen molar-refractivity contribution in [3.05, 3.63) is 42.4 Å². The third-order valence-corrected chi connectivity index (χ3v) is 3.35. The van der Waals surface area contributed by atoms with E-state index < -0.39 is 0 Å². The molecule has 0 aliphatic rings. The van der Waals surface area contributed by atoms with Gasteiger partial charge in [-0.1, -0.05) is 6.07 Å². The third kappa shape index (κ3) is 3.01. The van der Waals surface area contributed by atoms with Crippen LogP contribution in [0.1, 0.15) is 24.2 Å². The van der Waals surface area contributed by atoms with Gasteiger partial charge in [-0.2, -0.15) is 0 Å². The summed E-state index contributed by atoms with van der Waals surface area (Å²) in [6.07, 6.45) is 4.92. The van der Waals surface area contributed by atoms with Crippen molar-refractivity contribution in [1.29, 1.82) is 0 Å². The minimum atomic E-state index is -0.378. The van der Waals surface area contributed by atoms with Crippen molar-refractivity contribution in [2.45, 2.75) is 20.0 Å². The number of H-pyrrole nitrogens is 1. The van der Waals surface area contributed by atoms with Crippen molar-refractivity contribution in [3.63, 3.8) is 0 Å². The number of methoxy groups -OCH3 is 1. The average Bonchev–Trinajstić information content (AvgIpc) is 2.97. The molecule has 118 valence electrons. The molecule has 2 heterocycles. The molecule has 0 atom stereocenters. The Balaban J connectivity index is 2.04. The summed E-state index contributed by atoms with van der Waals surface area (Å²) in [6.45, 7) is 3.87. The maximum absolute atomic E-state index is 11.8. The van der Waals surface area contributed by atoms with Crippen molar-refractivity contribution in [3.8, 4) is 17.1 Å². The minimum Gasteiger partial charge on any atom is -0.474 e. The van der Waals surface area contributed by atoms with E-state index >= 15 is 0 Å². The van der Waals surface area contributed by atoms with Gasteiger partial charge in [0.25, 0.3) is 0 Å². The Morgan fingerprint density at radius 1 is 1.26 bits per heavy atom. The Hall–Kier alpha value is -2.89. The van der Waals surface area contributed by atoms with Crippen LogP contribution in [-0.4, -0.2) is 34.1 Å². The second-order valence-corrected chi connectivity index (χ2v) is 5.36. The van der Waals surface area contributed by atoms with Gasteiger partial charge < -0.3 is 14.5 Å². The molecule has 0 saturated carbocycles. The van der Waals surface area contributed by atoms with Crippen LogP contribution in [0.2, 0.25) is 0 Å². The highest BCUT2D eigenvalue weighted by atomic mass is 16.5. The van der Waals surface area contributed by atoms with Crippen molar-refractivity contribution in [2.24, 2.45) is 0 Å². The summed E-state index contributed by atoms with van der Waals surface area (Å²) in [7, 11) is 1.36. The standard InChI is InChI=1S/C17H17N3O3/c1-10(2)23-16-9-18-8-15(20-16)11-4-5-14-12(6-11)13(7-19-14)17(21)22-3/h4-10,19H,1-3H3. The number of ether oxygens (including phenoxy) is 2. The van der Waals surface area contributed by atoms with Gasteiger partial charge >= 0.3 is 5.97 Å². The van der Waals surface area contributed by atoms with Gasteiger partial charge in [-0.25, -0.2) is 9.78 Å². The molecular weight excluding hydrogens is 294 g/mol. The lowest BCUT2D eigenvalue weighted by Gasteiger charge is -2.09. The number of aromatic nitrogens is 3. The molecule has 23 heavy (non-hydrogen) atoms. The maximum atomic E-state index is 11.8. The van der Waals surface area contributed by atoms with E-state index in [0.29, 0.717) is 17.1 Å². The molecule has 6 nitrogen and oxygen atoms in total. The number of carbonyl (C=O) groups is 1. The predicted octanol–water partition coefficient (Wildman–Crippen LogP) is 3.20. The molecule has 0 aliphatic carbocycles. The quantitative estimate of drug-likeness (QED) is 0.749. The van der Waals surface area contributed by atoms with Crippen LogP contribution in [0.5, 0.6) is 5.88 Å². The summed E-state index contributed by atoms with van der Waals surface area (Å²) < 4.78 is 10.4. The summed E-state index contributed by atoms with van der Waals surface area (Å²) in [6, 6.07) is 5.71. The highest BCUT2D eigenvalue weighted by Gasteiger charge is 2.13. The number of carbonyl (C=O) groups excluding carboxylic acids is 1. The van der Waals surface area contributed by atoms with E-state index in [-0.39, 0.29) is 12.1 Å². The number of fused-ring (bicyclic) bond motifs is 1. The van der Waals surface area contributed by atoms with E-state index in [1.165, 1.54) is 7.11 Å². The first-order valence-electron chi connectivity index (χ1n) is 7.27. The van der Waals surface area contributed by atoms with Gasteiger partial charge in [0.1, 0.15) is 0 Å². The highest BCUT2D eigenvalue weighted by molar-refractivity contribution is 6.05. The van der Waals surface area contributed by atoms with Crippen LogP contribution in [0.15, 0.2) is 36.8 Å². The summed E-state index contributed by atoms with van der Waals surface area (Å²) in [5, 5.41) is 0.784. The lowest BCUT2D eigenvalue weighted by atomic mass is 10.1. The first-order valence-corrected chi connectivity index (χ1v) is 7.27. The molecule has 3 aromatic rings. The Bertz CT molecular complexity index is 855. The average molecular weight is 311 g/mol. The molecule has 0 amide bonds. The molecule has 1 aromatic carbocycles. The zero-order valence-corrected chi connectivity index (χ0v) is 13.2. The van der Waals surface area contributed by atoms with Gasteiger partial charge in [0.05, 0.1) is 36.9 Å². The number of rotatable bonds is 4. The van der Waals surface area contributed by atoms with Crippen molar-refractivity contribution in [2.75, 3.05) is 7.11 Å². The van der Waals surface area contributed by atoms with Gasteiger partial charge in [-0.3, -0.25) is 4.98 Å². The number of nitrogens with one attached hydrogen (secondary N) is 1. The normalized spacial score (nSPS) is 11.0. The zero-order chi connectivity index (χ0) is 16.4. The molecule has 0 fully saturated rings. The number of nitrogens with zero attached hydrogens (tertiary/aromatic N) is 2. The molecule has 0 unspecified atom stereocenters. The van der Waals surface area contributed by atoms with Crippen LogP contribution >= 0.6 is 0 Å². The van der Waals surface area contributed by atoms with Crippen LogP contribution in [0, 0.1) is 0 Å². The van der Waals surface area contributed by atoms with Crippen LogP contribution in [0.4, 0.5) is 0 Å². The lowest BCUT2D eigenvalue weighted by molar-refractivity contribution is 0.0603. The Labute approximate surface area is 133 Å². The Kier molecular flexibility index (Phi) is 3.97. The zero-order valence-electron chi connectivity index (χ0n) is 13.2. The van der Waals surface area contributed by atoms with Gasteiger partial charge in [0.15, 0.2) is 0 Å². The molecule has 1 N–H and O–H groups in total. The Morgan fingerprint density at radius 3 is 2.83 bits per heavy atom. The van der Waals surface area contributed by atoms with E-state index in [4.69, 9.17) is 9.47 Å². The highest BCUT2D eigenvalue weighted by Crippen LogP contribution is 2.26. The summed E-state index contributed by atoms with van der Waals surface area (Å²) in [5.74, 6) is 0.0937. The third-order valence-electron chi connectivity index (χ3n) is 3.35. The van der Waals surface area contributed by atoms with Gasteiger partial charge in [-0.15, -0.1) is 0 Å². The molecule has 0 spiro atoms. The van der Waals surface area contributed by atoms with Crippen molar-refractivity contribution < 1.29 is 14.3 Å². The monoisotopic (exact) mass is 311 g/mol. The van der Waals surface area contributed by atoms with E-state index in [1.54, 1.807) is 18.6 Å². The Morgan fingerprint density at radius 2 is 2.09 bits per heavy atom. The second-order valence-electron chi connectivity index (χ2n) is 5.36. The fourth-order valence-corrected chi connectivity index (χ4v) is 2.34. The molecule has 2 aromatic heterocycles. The first kappa shape index (κ1) is 15.0. The van der Waals surface area contributed by atoms with Gasteiger partial charge in [0.2, 0.25) is 5.88 Å². The van der Waals surface area contributed by atoms with Crippen LogP contribution in [0.25, 0.3) is 22.2 Å². The fourth-order valence-electron chi connectivity index (χ4n) is 2.34. The second kappa shape index (κ2) is 6.08. The van der Waals surface area contributed by atoms with Crippen molar-refractivity contribution >= 4 is 16.9 Å².